The topological polar surface area (TPSA) is 85.2 Å². The lowest BCUT2D eigenvalue weighted by Crippen LogP contribution is -2.59. The van der Waals surface area contributed by atoms with Crippen molar-refractivity contribution in [3.8, 4) is 6.07 Å². The number of nitrogens with zero attached hydrogens (tertiary/aromatic N) is 2. The first-order valence-electron chi connectivity index (χ1n) is 7.28. The molecule has 0 saturated carbocycles. The molecule has 3 rings (SSSR count). The number of halogens is 2. The summed E-state index contributed by atoms with van der Waals surface area (Å²) in [4.78, 5) is 21.6. The second-order valence-corrected chi connectivity index (χ2v) is 6.35. The Morgan fingerprint density at radius 2 is 1.60 bits per heavy atom. The molecular formula is C17H12Cl2N4O2. The van der Waals surface area contributed by atoms with Crippen molar-refractivity contribution in [1.82, 2.24) is 10.7 Å². The zero-order valence-corrected chi connectivity index (χ0v) is 14.3. The summed E-state index contributed by atoms with van der Waals surface area (Å²) in [7, 11) is 0. The van der Waals surface area contributed by atoms with Gasteiger partial charge in [0.25, 0.3) is 0 Å². The van der Waals surface area contributed by atoms with Gasteiger partial charge in [0.05, 0.1) is 18.3 Å². The average Bonchev–Trinajstić information content (AvgIpc) is 2.62. The first kappa shape index (κ1) is 17.2. The Kier molecular flexibility index (Phi) is 4.64. The van der Waals surface area contributed by atoms with Crippen molar-refractivity contribution in [2.75, 3.05) is 11.6 Å². The number of alkyl halides is 1. The van der Waals surface area contributed by atoms with E-state index in [1.807, 2.05) is 0 Å². The number of nitrogens with one attached hydrogen (secondary N) is 2. The minimum Gasteiger partial charge on any atom is -0.275 e. The van der Waals surface area contributed by atoms with Crippen molar-refractivity contribution >= 4 is 40.8 Å². The van der Waals surface area contributed by atoms with Crippen molar-refractivity contribution in [1.29, 1.82) is 5.26 Å². The van der Waals surface area contributed by atoms with Gasteiger partial charge in [-0.25, -0.2) is 15.2 Å². The molecule has 25 heavy (non-hydrogen) atoms. The molecule has 2 aromatic rings. The summed E-state index contributed by atoms with van der Waals surface area (Å²) in [6.45, 7) is -0.00406. The molecule has 6 nitrogen and oxygen atoms in total. The van der Waals surface area contributed by atoms with E-state index in [-0.39, 0.29) is 6.54 Å². The molecule has 0 aliphatic carbocycles. The molecule has 1 aliphatic heterocycles. The Balaban J connectivity index is 1.90. The largest absolute Gasteiger partial charge is 0.343 e. The standard InChI is InChI=1S/C17H12Cl2N4O2/c18-13-5-1-11(2-6-13)17(19,10-20)12-3-7-14(8-4-12)23-16(25)22-15(24)9-21-23/h1-8,21H,9H2,(H,22,24,25). The Morgan fingerprint density at radius 3 is 2.12 bits per heavy atom. The molecule has 1 atom stereocenters. The number of amides is 3. The second-order valence-electron chi connectivity index (χ2n) is 5.35. The van der Waals surface area contributed by atoms with Gasteiger partial charge in [0.1, 0.15) is 0 Å². The van der Waals surface area contributed by atoms with Gasteiger partial charge >= 0.3 is 6.03 Å². The van der Waals surface area contributed by atoms with Crippen LogP contribution in [-0.4, -0.2) is 18.5 Å². The number of benzene rings is 2. The summed E-state index contributed by atoms with van der Waals surface area (Å²) >= 11 is 12.4. The fourth-order valence-corrected chi connectivity index (χ4v) is 2.84. The quantitative estimate of drug-likeness (QED) is 0.808. The van der Waals surface area contributed by atoms with Crippen LogP contribution >= 0.6 is 23.2 Å². The maximum atomic E-state index is 11.8. The molecule has 8 heteroatoms. The molecule has 126 valence electrons. The fraction of sp³-hybridized carbons (Fsp3) is 0.118. The van der Waals surface area contributed by atoms with E-state index in [0.717, 1.165) is 0 Å². The predicted octanol–water partition coefficient (Wildman–Crippen LogP) is 2.91. The van der Waals surface area contributed by atoms with E-state index in [1.165, 1.54) is 5.01 Å². The average molecular weight is 375 g/mol. The lowest BCUT2D eigenvalue weighted by Gasteiger charge is -2.28. The number of hydrogen-bond acceptors (Lipinski definition) is 4. The van der Waals surface area contributed by atoms with Crippen LogP contribution in [0.5, 0.6) is 0 Å². The summed E-state index contributed by atoms with van der Waals surface area (Å²) in [6, 6.07) is 14.9. The van der Waals surface area contributed by atoms with E-state index in [2.05, 4.69) is 16.8 Å². The third kappa shape index (κ3) is 3.30. The highest BCUT2D eigenvalue weighted by Gasteiger charge is 2.32. The molecule has 2 aromatic carbocycles. The number of imide groups is 1. The van der Waals surface area contributed by atoms with Gasteiger partial charge in [-0.2, -0.15) is 5.26 Å². The van der Waals surface area contributed by atoms with Gasteiger partial charge in [-0.15, -0.1) is 0 Å². The number of anilines is 1. The molecule has 1 aliphatic rings. The summed E-state index contributed by atoms with van der Waals surface area (Å²) in [5, 5.41) is 13.6. The number of carbonyl (C=O) groups is 2. The van der Waals surface area contributed by atoms with Crippen LogP contribution in [0.4, 0.5) is 10.5 Å². The van der Waals surface area contributed by atoms with Crippen molar-refractivity contribution in [2.24, 2.45) is 0 Å². The number of urea groups is 1. The summed E-state index contributed by atoms with van der Waals surface area (Å²) in [5.41, 5.74) is 4.36. The number of hydrogen-bond donors (Lipinski definition) is 2. The third-order valence-corrected chi connectivity index (χ3v) is 4.54. The Bertz CT molecular complexity index is 862. The van der Waals surface area contributed by atoms with Crippen LogP contribution < -0.4 is 15.8 Å². The van der Waals surface area contributed by atoms with Crippen molar-refractivity contribution in [3.05, 3.63) is 64.7 Å². The first-order valence-corrected chi connectivity index (χ1v) is 8.04. The van der Waals surface area contributed by atoms with E-state index in [9.17, 15) is 14.9 Å². The molecule has 1 saturated heterocycles. The van der Waals surface area contributed by atoms with Crippen LogP contribution in [0.1, 0.15) is 11.1 Å². The van der Waals surface area contributed by atoms with Crippen molar-refractivity contribution < 1.29 is 9.59 Å². The maximum Gasteiger partial charge on any atom is 0.343 e. The second kappa shape index (κ2) is 6.73. The number of hydrazine groups is 1. The number of rotatable bonds is 3. The lowest BCUT2D eigenvalue weighted by atomic mass is 9.91. The molecule has 1 heterocycles. The molecule has 3 amide bonds. The smallest absolute Gasteiger partial charge is 0.275 e. The van der Waals surface area contributed by atoms with Crippen LogP contribution in [0.2, 0.25) is 5.02 Å². The van der Waals surface area contributed by atoms with Crippen molar-refractivity contribution in [2.45, 2.75) is 4.87 Å². The molecule has 0 radical (unpaired) electrons. The summed E-state index contributed by atoms with van der Waals surface area (Å²) in [6.07, 6.45) is 0. The molecular weight excluding hydrogens is 363 g/mol. The first-order chi connectivity index (χ1) is 11.9. The van der Waals surface area contributed by atoms with E-state index >= 15 is 0 Å². The molecule has 0 bridgehead atoms. The molecule has 0 spiro atoms. The van der Waals surface area contributed by atoms with Gasteiger partial charge in [-0.3, -0.25) is 10.1 Å². The maximum absolute atomic E-state index is 11.8. The highest BCUT2D eigenvalue weighted by Crippen LogP contribution is 2.37. The van der Waals surface area contributed by atoms with Gasteiger partial charge in [0.15, 0.2) is 4.87 Å². The SMILES string of the molecule is N#CC(Cl)(c1ccc(Cl)cc1)c1ccc(N2NCC(=O)NC2=O)cc1. The van der Waals surface area contributed by atoms with Gasteiger partial charge in [-0.05, 0) is 35.4 Å². The van der Waals surface area contributed by atoms with Gasteiger partial charge < -0.3 is 0 Å². The minimum absolute atomic E-state index is 0.00406. The number of nitriles is 1. The predicted molar refractivity (Wildman–Crippen MR) is 94.2 cm³/mol. The Hall–Kier alpha value is -2.59. The van der Waals surface area contributed by atoms with Gasteiger partial charge in [0, 0.05) is 5.02 Å². The zero-order chi connectivity index (χ0) is 18.0. The van der Waals surface area contributed by atoms with Crippen LogP contribution in [0.3, 0.4) is 0 Å². The van der Waals surface area contributed by atoms with Crippen LogP contribution in [0, 0.1) is 11.3 Å². The molecule has 1 unspecified atom stereocenters. The normalized spacial score (nSPS) is 16.8. The molecule has 1 fully saturated rings. The van der Waals surface area contributed by atoms with E-state index in [1.54, 1.807) is 48.5 Å². The summed E-state index contributed by atoms with van der Waals surface area (Å²) in [5.74, 6) is -0.398. The van der Waals surface area contributed by atoms with Gasteiger partial charge in [-0.1, -0.05) is 47.5 Å². The highest BCUT2D eigenvalue weighted by molar-refractivity contribution is 6.31. The molecule has 0 aromatic heterocycles. The van der Waals surface area contributed by atoms with Crippen molar-refractivity contribution in [3.63, 3.8) is 0 Å². The van der Waals surface area contributed by atoms with E-state index in [4.69, 9.17) is 23.2 Å². The Labute approximate surface area is 153 Å². The van der Waals surface area contributed by atoms with E-state index < -0.39 is 16.8 Å². The Morgan fingerprint density at radius 1 is 1.04 bits per heavy atom. The minimum atomic E-state index is -1.38. The number of carbonyl (C=O) groups excluding carboxylic acids is 2. The van der Waals surface area contributed by atoms with Crippen LogP contribution in [-0.2, 0) is 9.67 Å². The fourth-order valence-electron chi connectivity index (χ4n) is 2.47. The van der Waals surface area contributed by atoms with Crippen LogP contribution in [0.25, 0.3) is 0 Å². The molecule has 2 N–H and O–H groups in total. The van der Waals surface area contributed by atoms with E-state index in [0.29, 0.717) is 21.8 Å². The third-order valence-electron chi connectivity index (χ3n) is 3.77. The van der Waals surface area contributed by atoms with Crippen LogP contribution in [0.15, 0.2) is 48.5 Å². The lowest BCUT2D eigenvalue weighted by molar-refractivity contribution is -0.119. The summed E-state index contributed by atoms with van der Waals surface area (Å²) < 4.78 is 0. The van der Waals surface area contributed by atoms with Gasteiger partial charge in [0.2, 0.25) is 5.91 Å². The zero-order valence-electron chi connectivity index (χ0n) is 12.8. The monoisotopic (exact) mass is 374 g/mol. The highest BCUT2D eigenvalue weighted by atomic mass is 35.5.